The lowest BCUT2D eigenvalue weighted by Crippen LogP contribution is -2.42. The Kier molecular flexibility index (Phi) is 4.36. The van der Waals surface area contributed by atoms with Gasteiger partial charge in [0.25, 0.3) is 0 Å². The zero-order chi connectivity index (χ0) is 15.6. The molecule has 23 heavy (non-hydrogen) atoms. The van der Waals surface area contributed by atoms with E-state index < -0.39 is 0 Å². The predicted octanol–water partition coefficient (Wildman–Crippen LogP) is 2.90. The van der Waals surface area contributed by atoms with Crippen molar-refractivity contribution >= 4 is 5.91 Å². The molecule has 0 N–H and O–H groups in total. The lowest BCUT2D eigenvalue weighted by atomic mass is 9.95. The molecule has 1 saturated carbocycles. The van der Waals surface area contributed by atoms with E-state index in [9.17, 15) is 4.79 Å². The number of amides is 1. The first kappa shape index (κ1) is 15.2. The number of nitrogens with zero attached hydrogens (tertiary/aromatic N) is 4. The average molecular weight is 316 g/mol. The summed E-state index contributed by atoms with van der Waals surface area (Å²) in [4.78, 5) is 14.9. The van der Waals surface area contributed by atoms with Gasteiger partial charge in [0.1, 0.15) is 11.6 Å². The van der Waals surface area contributed by atoms with Crippen LogP contribution in [0.25, 0.3) is 0 Å². The maximum Gasteiger partial charge on any atom is 0.225 e. The largest absolute Gasteiger partial charge is 0.342 e. The number of aromatic nitrogens is 3. The summed E-state index contributed by atoms with van der Waals surface area (Å²) in [6.45, 7) is 2.85. The first-order chi connectivity index (χ1) is 11.3. The molecule has 1 saturated heterocycles. The fourth-order valence-corrected chi connectivity index (χ4v) is 4.63. The highest BCUT2D eigenvalue weighted by Crippen LogP contribution is 2.31. The highest BCUT2D eigenvalue weighted by Gasteiger charge is 2.33. The van der Waals surface area contributed by atoms with Crippen molar-refractivity contribution in [1.29, 1.82) is 0 Å². The van der Waals surface area contributed by atoms with Crippen molar-refractivity contribution in [2.45, 2.75) is 76.7 Å². The van der Waals surface area contributed by atoms with Crippen LogP contribution in [0.4, 0.5) is 0 Å². The van der Waals surface area contributed by atoms with E-state index in [0.717, 1.165) is 63.4 Å². The highest BCUT2D eigenvalue weighted by molar-refractivity contribution is 5.79. The summed E-state index contributed by atoms with van der Waals surface area (Å²) in [5.41, 5.74) is 0. The van der Waals surface area contributed by atoms with Crippen LogP contribution in [0, 0.1) is 5.92 Å². The van der Waals surface area contributed by atoms with Crippen LogP contribution in [0.15, 0.2) is 0 Å². The second kappa shape index (κ2) is 6.62. The van der Waals surface area contributed by atoms with Crippen molar-refractivity contribution in [3.05, 3.63) is 11.6 Å². The normalized spacial score (nSPS) is 26.1. The first-order valence-corrected chi connectivity index (χ1v) is 9.53. The molecule has 4 rings (SSSR count). The molecule has 1 atom stereocenters. The second-order valence-corrected chi connectivity index (χ2v) is 7.54. The predicted molar refractivity (Wildman–Crippen MR) is 88.1 cm³/mol. The number of carbonyl (C=O) groups excluding carboxylic acids is 1. The number of carbonyl (C=O) groups is 1. The van der Waals surface area contributed by atoms with Gasteiger partial charge in [-0.05, 0) is 38.5 Å². The van der Waals surface area contributed by atoms with Gasteiger partial charge in [0, 0.05) is 37.9 Å². The average Bonchev–Trinajstić information content (AvgIpc) is 3.20. The van der Waals surface area contributed by atoms with Crippen LogP contribution >= 0.6 is 0 Å². The van der Waals surface area contributed by atoms with Crippen LogP contribution in [-0.2, 0) is 17.8 Å². The molecule has 1 amide bonds. The maximum absolute atomic E-state index is 12.7. The van der Waals surface area contributed by atoms with E-state index in [0.29, 0.717) is 17.7 Å². The van der Waals surface area contributed by atoms with Gasteiger partial charge in [0.2, 0.25) is 5.91 Å². The van der Waals surface area contributed by atoms with E-state index in [2.05, 4.69) is 19.7 Å². The molecule has 3 aliphatic rings. The Balaban J connectivity index is 1.49. The third-order valence-electron chi connectivity index (χ3n) is 5.94. The summed E-state index contributed by atoms with van der Waals surface area (Å²) in [5.74, 6) is 3.39. The van der Waals surface area contributed by atoms with Crippen LogP contribution < -0.4 is 0 Å². The van der Waals surface area contributed by atoms with Gasteiger partial charge in [-0.25, -0.2) is 0 Å². The molecule has 1 aliphatic carbocycles. The minimum atomic E-state index is 0.296. The molecule has 126 valence electrons. The lowest BCUT2D eigenvalue weighted by molar-refractivity contribution is -0.136. The Morgan fingerprint density at radius 2 is 1.78 bits per heavy atom. The monoisotopic (exact) mass is 316 g/mol. The third-order valence-corrected chi connectivity index (χ3v) is 5.94. The van der Waals surface area contributed by atoms with Crippen LogP contribution in [0.2, 0.25) is 0 Å². The quantitative estimate of drug-likeness (QED) is 0.843. The Morgan fingerprint density at radius 3 is 2.65 bits per heavy atom. The fraction of sp³-hybridized carbons (Fsp3) is 0.833. The van der Waals surface area contributed by atoms with Crippen LogP contribution in [0.5, 0.6) is 0 Å². The number of fused-ring (bicyclic) bond motifs is 1. The Bertz CT molecular complexity index is 561. The number of rotatable bonds is 2. The molecule has 1 aromatic heterocycles. The smallest absolute Gasteiger partial charge is 0.225 e. The fourth-order valence-electron chi connectivity index (χ4n) is 4.63. The molecular weight excluding hydrogens is 288 g/mol. The third kappa shape index (κ3) is 3.02. The molecule has 5 heteroatoms. The zero-order valence-corrected chi connectivity index (χ0v) is 14.0. The summed E-state index contributed by atoms with van der Waals surface area (Å²) in [6.07, 6.45) is 11.7. The minimum Gasteiger partial charge on any atom is -0.342 e. The van der Waals surface area contributed by atoms with Gasteiger partial charge in [0.05, 0.1) is 0 Å². The topological polar surface area (TPSA) is 51.0 Å². The van der Waals surface area contributed by atoms with Crippen molar-refractivity contribution in [2.24, 2.45) is 5.92 Å². The van der Waals surface area contributed by atoms with Crippen molar-refractivity contribution in [1.82, 2.24) is 19.7 Å². The highest BCUT2D eigenvalue weighted by atomic mass is 16.2. The molecule has 0 radical (unpaired) electrons. The number of likely N-dealkylation sites (tertiary alicyclic amines) is 1. The number of aryl methyl sites for hydroxylation is 1. The molecule has 0 bridgehead atoms. The molecule has 2 fully saturated rings. The van der Waals surface area contributed by atoms with E-state index in [1.165, 1.54) is 32.1 Å². The van der Waals surface area contributed by atoms with Gasteiger partial charge < -0.3 is 9.47 Å². The van der Waals surface area contributed by atoms with Gasteiger partial charge in [0.15, 0.2) is 0 Å². The summed E-state index contributed by atoms with van der Waals surface area (Å²) < 4.78 is 2.36. The number of hydrogen-bond donors (Lipinski definition) is 0. The van der Waals surface area contributed by atoms with E-state index in [1.807, 2.05) is 0 Å². The summed E-state index contributed by atoms with van der Waals surface area (Å²) >= 11 is 0. The Hall–Kier alpha value is -1.39. The summed E-state index contributed by atoms with van der Waals surface area (Å²) in [6, 6.07) is 0. The standard InChI is InChI=1S/C18H28N4O/c23-18(14-7-3-4-8-14)21-11-6-9-15(13-21)17-20-19-16-10-2-1-5-12-22(16)17/h14-15H,1-13H2/t15-/m0/s1. The van der Waals surface area contributed by atoms with Crippen LogP contribution in [0.3, 0.4) is 0 Å². The van der Waals surface area contributed by atoms with E-state index in [-0.39, 0.29) is 0 Å². The molecule has 0 spiro atoms. The van der Waals surface area contributed by atoms with Crippen LogP contribution in [0.1, 0.15) is 75.4 Å². The van der Waals surface area contributed by atoms with Gasteiger partial charge >= 0.3 is 0 Å². The summed E-state index contributed by atoms with van der Waals surface area (Å²) in [7, 11) is 0. The summed E-state index contributed by atoms with van der Waals surface area (Å²) in [5, 5.41) is 8.98. The molecule has 1 aromatic rings. The Labute approximate surface area is 138 Å². The molecular formula is C18H28N4O. The van der Waals surface area contributed by atoms with Crippen molar-refractivity contribution in [3.8, 4) is 0 Å². The number of hydrogen-bond acceptors (Lipinski definition) is 3. The minimum absolute atomic E-state index is 0.296. The van der Waals surface area contributed by atoms with Crippen molar-refractivity contribution < 1.29 is 4.79 Å². The molecule has 0 aromatic carbocycles. The van der Waals surface area contributed by atoms with Crippen molar-refractivity contribution in [2.75, 3.05) is 13.1 Å². The molecule has 3 heterocycles. The molecule has 5 nitrogen and oxygen atoms in total. The van der Waals surface area contributed by atoms with Crippen molar-refractivity contribution in [3.63, 3.8) is 0 Å². The SMILES string of the molecule is O=C(C1CCCC1)N1CCC[C@H](c2nnc3n2CCCCC3)C1. The Morgan fingerprint density at radius 1 is 0.913 bits per heavy atom. The lowest BCUT2D eigenvalue weighted by Gasteiger charge is -2.34. The molecule has 2 aliphatic heterocycles. The molecule has 0 unspecified atom stereocenters. The zero-order valence-electron chi connectivity index (χ0n) is 14.0. The van der Waals surface area contributed by atoms with Gasteiger partial charge in [-0.2, -0.15) is 0 Å². The van der Waals surface area contributed by atoms with E-state index >= 15 is 0 Å². The first-order valence-electron chi connectivity index (χ1n) is 9.53. The maximum atomic E-state index is 12.7. The van der Waals surface area contributed by atoms with E-state index in [4.69, 9.17) is 0 Å². The van der Waals surface area contributed by atoms with E-state index in [1.54, 1.807) is 0 Å². The van der Waals surface area contributed by atoms with Crippen LogP contribution in [-0.4, -0.2) is 38.7 Å². The van der Waals surface area contributed by atoms with Gasteiger partial charge in [-0.1, -0.05) is 19.3 Å². The van der Waals surface area contributed by atoms with Gasteiger partial charge in [-0.3, -0.25) is 4.79 Å². The second-order valence-electron chi connectivity index (χ2n) is 7.54. The number of piperidine rings is 1. The van der Waals surface area contributed by atoms with Gasteiger partial charge in [-0.15, -0.1) is 10.2 Å².